The Morgan fingerprint density at radius 1 is 1.25 bits per heavy atom. The molecule has 1 aromatic carbocycles. The highest BCUT2D eigenvalue weighted by Gasteiger charge is 2.14. The van der Waals surface area contributed by atoms with Crippen molar-refractivity contribution in [3.63, 3.8) is 0 Å². The third kappa shape index (κ3) is 2.14. The molecule has 0 N–H and O–H groups in total. The van der Waals surface area contributed by atoms with E-state index >= 15 is 0 Å². The molecule has 0 amide bonds. The van der Waals surface area contributed by atoms with E-state index in [4.69, 9.17) is 0 Å². The minimum atomic E-state index is -0.566. The Bertz CT molecular complexity index is 531. The third-order valence-electron chi connectivity index (χ3n) is 2.00. The number of rotatable bonds is 2. The fourth-order valence-electron chi connectivity index (χ4n) is 1.25. The number of nitrogens with zero attached hydrogens (tertiary/aromatic N) is 2. The second-order valence-corrected chi connectivity index (χ2v) is 4.00. The molecule has 1 aromatic heterocycles. The van der Waals surface area contributed by atoms with Crippen LogP contribution in [0.5, 0.6) is 0 Å². The lowest BCUT2D eigenvalue weighted by atomic mass is 10.1. The first-order valence-corrected chi connectivity index (χ1v) is 5.22. The van der Waals surface area contributed by atoms with Crippen LogP contribution in [0.3, 0.4) is 0 Å². The number of carbonyl (C=O) groups is 1. The fraction of sp³-hybridized carbons (Fsp3) is 0. The second kappa shape index (κ2) is 4.49. The molecule has 2 rings (SSSR count). The molecule has 0 aliphatic carbocycles. The second-order valence-electron chi connectivity index (χ2n) is 3.08. The van der Waals surface area contributed by atoms with E-state index in [0.29, 0.717) is 4.47 Å². The summed E-state index contributed by atoms with van der Waals surface area (Å²) < 4.78 is 14.1. The van der Waals surface area contributed by atoms with Crippen molar-refractivity contribution in [2.45, 2.75) is 0 Å². The molecule has 0 radical (unpaired) electrons. The maximum absolute atomic E-state index is 13.5. The van der Waals surface area contributed by atoms with Gasteiger partial charge in [-0.1, -0.05) is 15.9 Å². The number of halogens is 2. The van der Waals surface area contributed by atoms with E-state index in [1.165, 1.54) is 30.9 Å². The molecule has 1 heterocycles. The Morgan fingerprint density at radius 2 is 1.94 bits per heavy atom. The van der Waals surface area contributed by atoms with E-state index in [-0.39, 0.29) is 11.1 Å². The molecule has 3 nitrogen and oxygen atoms in total. The molecule has 0 unspecified atom stereocenters. The van der Waals surface area contributed by atoms with E-state index in [9.17, 15) is 9.18 Å². The van der Waals surface area contributed by atoms with E-state index in [1.807, 2.05) is 0 Å². The average molecular weight is 281 g/mol. The molecule has 0 spiro atoms. The first-order valence-electron chi connectivity index (χ1n) is 4.43. The van der Waals surface area contributed by atoms with Gasteiger partial charge in [0, 0.05) is 16.9 Å². The standard InChI is InChI=1S/C11H6BrFN2O/c12-8-1-2-9(10(13)3-8)11(16)7-4-14-6-15-5-7/h1-6H. The van der Waals surface area contributed by atoms with Gasteiger partial charge in [0.15, 0.2) is 5.78 Å². The Morgan fingerprint density at radius 3 is 2.56 bits per heavy atom. The molecule has 0 aliphatic heterocycles. The molecule has 0 fully saturated rings. The predicted octanol–water partition coefficient (Wildman–Crippen LogP) is 2.61. The number of hydrogen-bond donors (Lipinski definition) is 0. The third-order valence-corrected chi connectivity index (χ3v) is 2.49. The van der Waals surface area contributed by atoms with Crippen molar-refractivity contribution in [3.05, 3.63) is 58.3 Å². The number of hydrogen-bond acceptors (Lipinski definition) is 3. The zero-order chi connectivity index (χ0) is 11.5. The SMILES string of the molecule is O=C(c1cncnc1)c1ccc(Br)cc1F. The molecule has 0 bridgehead atoms. The smallest absolute Gasteiger partial charge is 0.199 e. The first kappa shape index (κ1) is 10.9. The molecule has 5 heteroatoms. The Hall–Kier alpha value is -1.62. The summed E-state index contributed by atoms with van der Waals surface area (Å²) in [6, 6.07) is 4.28. The Labute approximate surface area is 99.5 Å². The average Bonchev–Trinajstić information content (AvgIpc) is 2.29. The van der Waals surface area contributed by atoms with Gasteiger partial charge in [0.25, 0.3) is 0 Å². The van der Waals surface area contributed by atoms with E-state index in [1.54, 1.807) is 6.07 Å². The summed E-state index contributed by atoms with van der Waals surface area (Å²) in [5.74, 6) is -0.992. The lowest BCUT2D eigenvalue weighted by Crippen LogP contribution is -2.05. The number of carbonyl (C=O) groups excluding carboxylic acids is 1. The molecule has 0 aliphatic rings. The van der Waals surface area contributed by atoms with E-state index in [0.717, 1.165) is 0 Å². The summed E-state index contributed by atoms with van der Waals surface area (Å²) in [5, 5.41) is 0. The monoisotopic (exact) mass is 280 g/mol. The maximum Gasteiger partial charge on any atom is 0.199 e. The summed E-state index contributed by atoms with van der Waals surface area (Å²) in [6.07, 6.45) is 4.03. The van der Waals surface area contributed by atoms with Crippen molar-refractivity contribution in [3.8, 4) is 0 Å². The minimum Gasteiger partial charge on any atom is -0.288 e. The molecular weight excluding hydrogens is 275 g/mol. The zero-order valence-electron chi connectivity index (χ0n) is 8.02. The lowest BCUT2D eigenvalue weighted by molar-refractivity contribution is 0.103. The molecule has 0 atom stereocenters. The summed E-state index contributed by atoms with van der Waals surface area (Å²) in [4.78, 5) is 19.3. The Kier molecular flexibility index (Phi) is 3.05. The quantitative estimate of drug-likeness (QED) is 0.795. The van der Waals surface area contributed by atoms with Crippen LogP contribution in [-0.2, 0) is 0 Å². The molecular formula is C11H6BrFN2O. The van der Waals surface area contributed by atoms with Crippen LogP contribution in [0.2, 0.25) is 0 Å². The molecule has 2 aromatic rings. The lowest BCUT2D eigenvalue weighted by Gasteiger charge is -2.02. The van der Waals surface area contributed by atoms with Gasteiger partial charge in [0.05, 0.1) is 11.1 Å². The van der Waals surface area contributed by atoms with Crippen molar-refractivity contribution >= 4 is 21.7 Å². The van der Waals surface area contributed by atoms with Crippen molar-refractivity contribution in [1.29, 1.82) is 0 Å². The van der Waals surface area contributed by atoms with Gasteiger partial charge in [0.1, 0.15) is 12.1 Å². The van der Waals surface area contributed by atoms with Gasteiger partial charge in [-0.15, -0.1) is 0 Å². The van der Waals surface area contributed by atoms with Crippen LogP contribution in [0.25, 0.3) is 0 Å². The summed E-state index contributed by atoms with van der Waals surface area (Å²) >= 11 is 3.13. The summed E-state index contributed by atoms with van der Waals surface area (Å²) in [6.45, 7) is 0. The summed E-state index contributed by atoms with van der Waals surface area (Å²) in [7, 11) is 0. The predicted molar refractivity (Wildman–Crippen MR) is 59.6 cm³/mol. The van der Waals surface area contributed by atoms with Crippen molar-refractivity contribution in [2.75, 3.05) is 0 Å². The van der Waals surface area contributed by atoms with Crippen LogP contribution < -0.4 is 0 Å². The van der Waals surface area contributed by atoms with Crippen molar-refractivity contribution < 1.29 is 9.18 Å². The minimum absolute atomic E-state index is 0.0120. The molecule has 80 valence electrons. The fourth-order valence-corrected chi connectivity index (χ4v) is 1.58. The molecule has 16 heavy (non-hydrogen) atoms. The van der Waals surface area contributed by atoms with E-state index < -0.39 is 11.6 Å². The summed E-state index contributed by atoms with van der Waals surface area (Å²) in [5.41, 5.74) is 0.279. The highest BCUT2D eigenvalue weighted by Crippen LogP contribution is 2.17. The highest BCUT2D eigenvalue weighted by atomic mass is 79.9. The maximum atomic E-state index is 13.5. The van der Waals surface area contributed by atoms with Crippen LogP contribution in [0.15, 0.2) is 41.4 Å². The van der Waals surface area contributed by atoms with Crippen LogP contribution in [-0.4, -0.2) is 15.8 Å². The highest BCUT2D eigenvalue weighted by molar-refractivity contribution is 9.10. The number of aromatic nitrogens is 2. The zero-order valence-corrected chi connectivity index (χ0v) is 9.61. The van der Waals surface area contributed by atoms with Crippen LogP contribution >= 0.6 is 15.9 Å². The number of ketones is 1. The van der Waals surface area contributed by atoms with Gasteiger partial charge in [-0.3, -0.25) is 4.79 Å². The van der Waals surface area contributed by atoms with Gasteiger partial charge < -0.3 is 0 Å². The molecule has 0 saturated heterocycles. The van der Waals surface area contributed by atoms with Gasteiger partial charge in [-0.2, -0.15) is 0 Å². The topological polar surface area (TPSA) is 42.9 Å². The Balaban J connectivity index is 2.42. The number of benzene rings is 1. The van der Waals surface area contributed by atoms with Crippen molar-refractivity contribution in [2.24, 2.45) is 0 Å². The largest absolute Gasteiger partial charge is 0.288 e. The van der Waals surface area contributed by atoms with Crippen LogP contribution in [0.1, 0.15) is 15.9 Å². The molecule has 0 saturated carbocycles. The first-order chi connectivity index (χ1) is 7.68. The van der Waals surface area contributed by atoms with Crippen molar-refractivity contribution in [1.82, 2.24) is 9.97 Å². The van der Waals surface area contributed by atoms with Crippen LogP contribution in [0, 0.1) is 5.82 Å². The van der Waals surface area contributed by atoms with Gasteiger partial charge in [-0.25, -0.2) is 14.4 Å². The van der Waals surface area contributed by atoms with Gasteiger partial charge >= 0.3 is 0 Å². The normalized spacial score (nSPS) is 10.1. The van der Waals surface area contributed by atoms with Gasteiger partial charge in [-0.05, 0) is 18.2 Å². The van der Waals surface area contributed by atoms with E-state index in [2.05, 4.69) is 25.9 Å². The van der Waals surface area contributed by atoms with Gasteiger partial charge in [0.2, 0.25) is 0 Å². The van der Waals surface area contributed by atoms with Crippen LogP contribution in [0.4, 0.5) is 4.39 Å².